The predicted octanol–water partition coefficient (Wildman–Crippen LogP) is 1.97. The molecule has 0 fully saturated rings. The van der Waals surface area contributed by atoms with E-state index >= 15 is 0 Å². The van der Waals surface area contributed by atoms with Gasteiger partial charge < -0.3 is 0 Å². The highest BCUT2D eigenvalue weighted by Gasteiger charge is 2.07. The first kappa shape index (κ1) is 10.3. The van der Waals surface area contributed by atoms with Gasteiger partial charge in [-0.25, -0.2) is 9.37 Å². The summed E-state index contributed by atoms with van der Waals surface area (Å²) in [6.45, 7) is 0. The van der Waals surface area contributed by atoms with Gasteiger partial charge in [0.15, 0.2) is 0 Å². The summed E-state index contributed by atoms with van der Waals surface area (Å²) in [4.78, 5) is 16.0. The van der Waals surface area contributed by atoms with Gasteiger partial charge in [-0.05, 0) is 18.2 Å². The molecule has 0 radical (unpaired) electrons. The summed E-state index contributed by atoms with van der Waals surface area (Å²) >= 11 is 3.25. The van der Waals surface area contributed by atoms with E-state index in [0.29, 0.717) is 22.1 Å². The molecule has 0 saturated carbocycles. The first-order valence-corrected chi connectivity index (χ1v) is 5.47. The second-order valence-electron chi connectivity index (χ2n) is 3.19. The first-order valence-electron chi connectivity index (χ1n) is 4.34. The largest absolute Gasteiger partial charge is 0.299 e. The van der Waals surface area contributed by atoms with Crippen LogP contribution in [-0.2, 0) is 12.4 Å². The average Bonchev–Trinajstić information content (AvgIpc) is 2.24. The molecule has 0 N–H and O–H groups in total. The number of hydrogen-bond donors (Lipinski definition) is 0. The Morgan fingerprint density at radius 1 is 1.53 bits per heavy atom. The fraction of sp³-hybridized carbons (Fsp3) is 0.200. The highest BCUT2D eigenvalue weighted by molar-refractivity contribution is 9.08. The van der Waals surface area contributed by atoms with E-state index in [2.05, 4.69) is 20.9 Å². The SMILES string of the molecule is Cn1c(CBr)nc2ccc(F)cc2c1=O. The van der Waals surface area contributed by atoms with Crippen molar-refractivity contribution in [1.29, 1.82) is 0 Å². The van der Waals surface area contributed by atoms with Crippen LogP contribution in [0, 0.1) is 5.82 Å². The summed E-state index contributed by atoms with van der Waals surface area (Å²) in [5, 5.41) is 0.800. The van der Waals surface area contributed by atoms with Crippen LogP contribution in [0.5, 0.6) is 0 Å². The fourth-order valence-corrected chi connectivity index (χ4v) is 1.91. The van der Waals surface area contributed by atoms with Crippen molar-refractivity contribution in [1.82, 2.24) is 9.55 Å². The third-order valence-corrected chi connectivity index (χ3v) is 2.75. The standard InChI is InChI=1S/C10H8BrFN2O/c1-14-9(5-11)13-8-3-2-6(12)4-7(8)10(14)15/h2-4H,5H2,1H3. The number of benzene rings is 1. The van der Waals surface area contributed by atoms with Crippen molar-refractivity contribution in [3.05, 3.63) is 40.2 Å². The van der Waals surface area contributed by atoms with Crippen molar-refractivity contribution in [3.8, 4) is 0 Å². The van der Waals surface area contributed by atoms with Gasteiger partial charge in [0.1, 0.15) is 11.6 Å². The van der Waals surface area contributed by atoms with Crippen LogP contribution < -0.4 is 5.56 Å². The highest BCUT2D eigenvalue weighted by atomic mass is 79.9. The van der Waals surface area contributed by atoms with E-state index < -0.39 is 5.82 Å². The normalized spacial score (nSPS) is 10.9. The Balaban J connectivity index is 2.91. The summed E-state index contributed by atoms with van der Waals surface area (Å²) in [5.41, 5.74) is 0.294. The van der Waals surface area contributed by atoms with Gasteiger partial charge in [-0.2, -0.15) is 0 Å². The molecule has 0 aliphatic rings. The Kier molecular flexibility index (Phi) is 2.56. The minimum Gasteiger partial charge on any atom is -0.299 e. The zero-order valence-electron chi connectivity index (χ0n) is 8.00. The highest BCUT2D eigenvalue weighted by Crippen LogP contribution is 2.11. The minimum atomic E-state index is -0.423. The van der Waals surface area contributed by atoms with Gasteiger partial charge in [-0.1, -0.05) is 15.9 Å². The first-order chi connectivity index (χ1) is 7.13. The monoisotopic (exact) mass is 270 g/mol. The lowest BCUT2D eigenvalue weighted by atomic mass is 10.2. The van der Waals surface area contributed by atoms with Crippen LogP contribution in [0.1, 0.15) is 5.82 Å². The van der Waals surface area contributed by atoms with Crippen LogP contribution in [0.25, 0.3) is 10.9 Å². The minimum absolute atomic E-state index is 0.228. The van der Waals surface area contributed by atoms with Crippen LogP contribution in [0.4, 0.5) is 4.39 Å². The van der Waals surface area contributed by atoms with E-state index in [-0.39, 0.29) is 5.56 Å². The Labute approximate surface area is 93.7 Å². The van der Waals surface area contributed by atoms with Gasteiger partial charge in [-0.3, -0.25) is 9.36 Å². The molecular formula is C10H8BrFN2O. The number of hydrogen-bond acceptors (Lipinski definition) is 2. The topological polar surface area (TPSA) is 34.9 Å². The van der Waals surface area contributed by atoms with Gasteiger partial charge in [0.05, 0.1) is 16.2 Å². The van der Waals surface area contributed by atoms with Crippen LogP contribution >= 0.6 is 15.9 Å². The maximum absolute atomic E-state index is 12.9. The molecule has 0 atom stereocenters. The lowest BCUT2D eigenvalue weighted by Crippen LogP contribution is -2.21. The molecule has 0 unspecified atom stereocenters. The Hall–Kier alpha value is -1.23. The number of alkyl halides is 1. The van der Waals surface area contributed by atoms with E-state index in [4.69, 9.17) is 0 Å². The molecular weight excluding hydrogens is 263 g/mol. The summed E-state index contributed by atoms with van der Waals surface area (Å²) in [5.74, 6) is 0.201. The molecule has 3 nitrogen and oxygen atoms in total. The van der Waals surface area contributed by atoms with Crippen LogP contribution in [0.15, 0.2) is 23.0 Å². The van der Waals surface area contributed by atoms with E-state index in [0.717, 1.165) is 0 Å². The second-order valence-corrected chi connectivity index (χ2v) is 3.75. The van der Waals surface area contributed by atoms with Crippen molar-refractivity contribution in [2.75, 3.05) is 0 Å². The Morgan fingerprint density at radius 3 is 2.93 bits per heavy atom. The van der Waals surface area contributed by atoms with Crippen LogP contribution in [-0.4, -0.2) is 9.55 Å². The molecule has 15 heavy (non-hydrogen) atoms. The maximum atomic E-state index is 12.9. The van der Waals surface area contributed by atoms with Crippen molar-refractivity contribution in [2.24, 2.45) is 7.05 Å². The predicted molar refractivity (Wildman–Crippen MR) is 59.6 cm³/mol. The molecule has 1 aromatic heterocycles. The molecule has 0 aliphatic carbocycles. The third-order valence-electron chi connectivity index (χ3n) is 2.25. The fourth-order valence-electron chi connectivity index (χ4n) is 1.41. The Morgan fingerprint density at radius 2 is 2.27 bits per heavy atom. The molecule has 5 heteroatoms. The summed E-state index contributed by atoms with van der Waals surface area (Å²) in [7, 11) is 1.62. The van der Waals surface area contributed by atoms with Gasteiger partial charge in [0.25, 0.3) is 5.56 Å². The molecule has 0 spiro atoms. The van der Waals surface area contributed by atoms with Crippen LogP contribution in [0.2, 0.25) is 0 Å². The number of halogens is 2. The molecule has 78 valence electrons. The molecule has 1 heterocycles. The van der Waals surface area contributed by atoms with Crippen LogP contribution in [0.3, 0.4) is 0 Å². The molecule has 0 aliphatic heterocycles. The zero-order chi connectivity index (χ0) is 11.0. The van der Waals surface area contributed by atoms with E-state index in [9.17, 15) is 9.18 Å². The summed E-state index contributed by atoms with van der Waals surface area (Å²) < 4.78 is 14.4. The molecule has 0 bridgehead atoms. The lowest BCUT2D eigenvalue weighted by Gasteiger charge is -2.06. The van der Waals surface area contributed by atoms with Crippen molar-refractivity contribution in [2.45, 2.75) is 5.33 Å². The molecule has 0 amide bonds. The van der Waals surface area contributed by atoms with Crippen molar-refractivity contribution < 1.29 is 4.39 Å². The summed E-state index contributed by atoms with van der Waals surface area (Å²) in [6.07, 6.45) is 0. The smallest absolute Gasteiger partial charge is 0.261 e. The van der Waals surface area contributed by atoms with Crippen molar-refractivity contribution in [3.63, 3.8) is 0 Å². The number of fused-ring (bicyclic) bond motifs is 1. The quantitative estimate of drug-likeness (QED) is 0.743. The van der Waals surface area contributed by atoms with E-state index in [1.807, 2.05) is 0 Å². The molecule has 0 saturated heterocycles. The third kappa shape index (κ3) is 1.67. The average molecular weight is 271 g/mol. The van der Waals surface area contributed by atoms with Crippen molar-refractivity contribution >= 4 is 26.8 Å². The summed E-state index contributed by atoms with van der Waals surface area (Å²) in [6, 6.07) is 4.02. The van der Waals surface area contributed by atoms with E-state index in [1.165, 1.54) is 22.8 Å². The van der Waals surface area contributed by atoms with E-state index in [1.54, 1.807) is 7.05 Å². The number of nitrogens with zero attached hydrogens (tertiary/aromatic N) is 2. The van der Waals surface area contributed by atoms with Gasteiger partial charge in [-0.15, -0.1) is 0 Å². The van der Waals surface area contributed by atoms with Gasteiger partial charge in [0.2, 0.25) is 0 Å². The lowest BCUT2D eigenvalue weighted by molar-refractivity contribution is 0.629. The molecule has 1 aromatic carbocycles. The molecule has 2 rings (SSSR count). The molecule has 2 aromatic rings. The van der Waals surface area contributed by atoms with Gasteiger partial charge >= 0.3 is 0 Å². The van der Waals surface area contributed by atoms with Gasteiger partial charge in [0, 0.05) is 7.05 Å². The zero-order valence-corrected chi connectivity index (χ0v) is 9.58. The Bertz CT molecular complexity index is 579. The second kappa shape index (κ2) is 3.73. The maximum Gasteiger partial charge on any atom is 0.261 e. The number of rotatable bonds is 1. The number of aromatic nitrogens is 2.